The molecule has 4 N–H and O–H groups in total. The lowest BCUT2D eigenvalue weighted by molar-refractivity contribution is -0.149. The first kappa shape index (κ1) is 37.2. The lowest BCUT2D eigenvalue weighted by Crippen LogP contribution is -2.60. The van der Waals surface area contributed by atoms with Crippen molar-refractivity contribution in [2.75, 3.05) is 40.5 Å². The van der Waals surface area contributed by atoms with Crippen LogP contribution in [-0.2, 0) is 30.6 Å². The van der Waals surface area contributed by atoms with Crippen molar-refractivity contribution in [2.45, 2.75) is 69.9 Å². The van der Waals surface area contributed by atoms with Gasteiger partial charge in [-0.25, -0.2) is 13.4 Å². The molecule has 2 aromatic rings. The molecule has 0 aliphatic heterocycles. The maximum absolute atomic E-state index is 13.7. The number of hydrazine groups is 1. The zero-order valence-corrected chi connectivity index (χ0v) is 27.8. The van der Waals surface area contributed by atoms with Gasteiger partial charge in [0.25, 0.3) is 5.91 Å². The van der Waals surface area contributed by atoms with E-state index in [1.807, 2.05) is 51.1 Å². The van der Waals surface area contributed by atoms with Crippen LogP contribution in [0.1, 0.15) is 46.6 Å². The Morgan fingerprint density at radius 1 is 1.00 bits per heavy atom. The standard InChI is InChI=1S/C32H50N4O7S/c1-23(2)31(44(40,41)26-15-13-25(43-7)14-16-26)34-21-28(37)27(19-24-11-9-8-10-12-24)36(30(39)20-32(3,4)5)35-29(38)22-33-17-18-42-6/h8-16,23,27-28,31,33-34,37H,17-22H2,1-7H3,(H,35,38)/t27-,28+,31?/m0/s1. The first-order valence-corrected chi connectivity index (χ1v) is 16.4. The molecule has 246 valence electrons. The predicted molar refractivity (Wildman–Crippen MR) is 171 cm³/mol. The van der Waals surface area contributed by atoms with E-state index in [9.17, 15) is 23.1 Å². The van der Waals surface area contributed by atoms with Gasteiger partial charge in [0.1, 0.15) is 11.1 Å². The summed E-state index contributed by atoms with van der Waals surface area (Å²) in [5.41, 5.74) is 3.16. The van der Waals surface area contributed by atoms with Crippen molar-refractivity contribution in [2.24, 2.45) is 11.3 Å². The molecule has 2 aromatic carbocycles. The molecule has 44 heavy (non-hydrogen) atoms. The average molecular weight is 635 g/mol. The quantitative estimate of drug-likeness (QED) is 0.152. The normalized spacial score (nSPS) is 14.1. The highest BCUT2D eigenvalue weighted by atomic mass is 32.2. The number of aliphatic hydroxyl groups excluding tert-OH is 1. The van der Waals surface area contributed by atoms with Crippen LogP contribution in [0.5, 0.6) is 5.75 Å². The van der Waals surface area contributed by atoms with Gasteiger partial charge in [0.15, 0.2) is 9.84 Å². The van der Waals surface area contributed by atoms with E-state index in [0.29, 0.717) is 18.9 Å². The van der Waals surface area contributed by atoms with Crippen molar-refractivity contribution < 1.29 is 32.6 Å². The number of ether oxygens (including phenoxy) is 2. The molecule has 2 rings (SSSR count). The van der Waals surface area contributed by atoms with Crippen LogP contribution >= 0.6 is 0 Å². The molecule has 0 fully saturated rings. The Bertz CT molecular complexity index is 1270. The third kappa shape index (κ3) is 11.8. The Balaban J connectivity index is 2.39. The van der Waals surface area contributed by atoms with Gasteiger partial charge in [0, 0.05) is 26.6 Å². The van der Waals surface area contributed by atoms with E-state index in [0.717, 1.165) is 5.56 Å². The molecule has 2 amide bonds. The SMILES string of the molecule is COCCNCC(=O)NN(C(=O)CC(C)(C)C)[C@@H](Cc1ccccc1)[C@H](O)CNC(C(C)C)S(=O)(=O)c1ccc(OC)cc1. The number of nitrogens with zero attached hydrogens (tertiary/aromatic N) is 1. The van der Waals surface area contributed by atoms with Crippen molar-refractivity contribution in [1.82, 2.24) is 21.1 Å². The zero-order valence-electron chi connectivity index (χ0n) is 27.0. The molecular formula is C32H50N4O7S. The second-order valence-corrected chi connectivity index (χ2v) is 14.4. The summed E-state index contributed by atoms with van der Waals surface area (Å²) in [4.78, 5) is 26.8. The highest BCUT2D eigenvalue weighted by molar-refractivity contribution is 7.92. The molecule has 0 radical (unpaired) electrons. The molecule has 0 saturated carbocycles. The number of benzene rings is 2. The topological polar surface area (TPSA) is 146 Å². The summed E-state index contributed by atoms with van der Waals surface area (Å²) in [7, 11) is -0.782. The molecule has 11 nitrogen and oxygen atoms in total. The maximum atomic E-state index is 13.7. The minimum atomic E-state index is -3.85. The van der Waals surface area contributed by atoms with E-state index >= 15 is 0 Å². The molecule has 0 saturated heterocycles. The second-order valence-electron chi connectivity index (χ2n) is 12.3. The fourth-order valence-electron chi connectivity index (χ4n) is 4.66. The minimum Gasteiger partial charge on any atom is -0.497 e. The van der Waals surface area contributed by atoms with Gasteiger partial charge in [0.2, 0.25) is 5.91 Å². The molecule has 0 aromatic heterocycles. The van der Waals surface area contributed by atoms with Crippen LogP contribution in [0.25, 0.3) is 0 Å². The smallest absolute Gasteiger partial charge is 0.252 e. The number of carbonyl (C=O) groups is 2. The summed E-state index contributed by atoms with van der Waals surface area (Å²) in [5, 5.41) is 17.8. The van der Waals surface area contributed by atoms with Crippen molar-refractivity contribution in [1.29, 1.82) is 0 Å². The lowest BCUT2D eigenvalue weighted by atomic mass is 9.91. The Morgan fingerprint density at radius 2 is 1.64 bits per heavy atom. The number of rotatable bonds is 17. The number of methoxy groups -OCH3 is 2. The monoisotopic (exact) mass is 634 g/mol. The van der Waals surface area contributed by atoms with Gasteiger partial charge in [0.05, 0.1) is 37.3 Å². The predicted octanol–water partition coefficient (Wildman–Crippen LogP) is 2.54. The fourth-order valence-corrected chi connectivity index (χ4v) is 6.50. The molecule has 3 atom stereocenters. The summed E-state index contributed by atoms with van der Waals surface area (Å²) in [6.45, 7) is 9.94. The number of hydrogen-bond acceptors (Lipinski definition) is 9. The zero-order chi connectivity index (χ0) is 32.9. The third-order valence-electron chi connectivity index (χ3n) is 6.88. The molecule has 0 aliphatic rings. The molecule has 0 bridgehead atoms. The molecule has 0 spiro atoms. The molecular weight excluding hydrogens is 584 g/mol. The van der Waals surface area contributed by atoms with Crippen molar-refractivity contribution in [3.63, 3.8) is 0 Å². The summed E-state index contributed by atoms with van der Waals surface area (Å²) in [6, 6.07) is 14.6. The Morgan fingerprint density at radius 3 is 2.18 bits per heavy atom. The van der Waals surface area contributed by atoms with Crippen molar-refractivity contribution >= 4 is 21.7 Å². The van der Waals surface area contributed by atoms with Crippen LogP contribution in [0.3, 0.4) is 0 Å². The van der Waals surface area contributed by atoms with Gasteiger partial charge >= 0.3 is 0 Å². The van der Waals surface area contributed by atoms with Crippen LogP contribution in [0.4, 0.5) is 0 Å². The van der Waals surface area contributed by atoms with E-state index < -0.39 is 38.7 Å². The van der Waals surface area contributed by atoms with Crippen LogP contribution in [-0.4, -0.2) is 88.3 Å². The second kappa shape index (κ2) is 17.5. The number of aliphatic hydroxyl groups is 1. The van der Waals surface area contributed by atoms with Crippen LogP contribution < -0.4 is 20.8 Å². The van der Waals surface area contributed by atoms with Gasteiger partial charge in [-0.3, -0.25) is 20.3 Å². The van der Waals surface area contributed by atoms with Crippen LogP contribution in [0.2, 0.25) is 0 Å². The Hall–Kier alpha value is -3.03. The number of hydrogen-bond donors (Lipinski definition) is 4. The van der Waals surface area contributed by atoms with E-state index in [1.54, 1.807) is 33.1 Å². The van der Waals surface area contributed by atoms with Gasteiger partial charge in [-0.1, -0.05) is 65.0 Å². The van der Waals surface area contributed by atoms with Crippen LogP contribution in [0, 0.1) is 11.3 Å². The summed E-state index contributed by atoms with van der Waals surface area (Å²) in [6.07, 6.45) is -0.918. The number of nitrogens with one attached hydrogen (secondary N) is 3. The Kier molecular flexibility index (Phi) is 14.7. The first-order valence-electron chi connectivity index (χ1n) is 14.8. The van der Waals surface area contributed by atoms with Crippen LogP contribution in [0.15, 0.2) is 59.5 Å². The number of sulfone groups is 1. The van der Waals surface area contributed by atoms with E-state index in [1.165, 1.54) is 24.3 Å². The largest absolute Gasteiger partial charge is 0.497 e. The number of carbonyl (C=O) groups excluding carboxylic acids is 2. The van der Waals surface area contributed by atoms with Gasteiger partial charge < -0.3 is 19.9 Å². The summed E-state index contributed by atoms with van der Waals surface area (Å²) in [5.74, 6) is -0.635. The third-order valence-corrected chi connectivity index (χ3v) is 9.19. The average Bonchev–Trinajstić information content (AvgIpc) is 2.96. The summed E-state index contributed by atoms with van der Waals surface area (Å²) < 4.78 is 37.4. The fraction of sp³-hybridized carbons (Fsp3) is 0.562. The number of amides is 2. The molecule has 12 heteroatoms. The summed E-state index contributed by atoms with van der Waals surface area (Å²) >= 11 is 0. The van der Waals surface area contributed by atoms with E-state index in [-0.39, 0.29) is 42.7 Å². The van der Waals surface area contributed by atoms with Crippen molar-refractivity contribution in [3.05, 3.63) is 60.2 Å². The van der Waals surface area contributed by atoms with Gasteiger partial charge in [-0.2, -0.15) is 0 Å². The molecule has 0 aliphatic carbocycles. The molecule has 1 unspecified atom stereocenters. The van der Waals surface area contributed by atoms with Crippen molar-refractivity contribution in [3.8, 4) is 5.75 Å². The van der Waals surface area contributed by atoms with Gasteiger partial charge in [-0.05, 0) is 47.6 Å². The first-order chi connectivity index (χ1) is 20.7. The highest BCUT2D eigenvalue weighted by Crippen LogP contribution is 2.24. The maximum Gasteiger partial charge on any atom is 0.252 e. The minimum absolute atomic E-state index is 0.0649. The Labute approximate surface area is 262 Å². The molecule has 0 heterocycles. The highest BCUT2D eigenvalue weighted by Gasteiger charge is 2.36. The van der Waals surface area contributed by atoms with E-state index in [4.69, 9.17) is 9.47 Å². The van der Waals surface area contributed by atoms with E-state index in [2.05, 4.69) is 16.1 Å². The van der Waals surface area contributed by atoms with Gasteiger partial charge in [-0.15, -0.1) is 0 Å². The lowest BCUT2D eigenvalue weighted by Gasteiger charge is -2.37.